The number of nitrogens with one attached hydrogen (secondary N) is 1. The highest BCUT2D eigenvalue weighted by Crippen LogP contribution is 2.23. The molecule has 0 saturated heterocycles. The lowest BCUT2D eigenvalue weighted by Gasteiger charge is -2.05. The average Bonchev–Trinajstić information content (AvgIpc) is 3.40. The van der Waals surface area contributed by atoms with Gasteiger partial charge in [-0.15, -0.1) is 0 Å². The molecule has 2 aromatic carbocycles. The molecule has 2 heterocycles. The Labute approximate surface area is 167 Å². The van der Waals surface area contributed by atoms with Crippen LogP contribution >= 0.6 is 0 Å². The molecule has 0 aliphatic heterocycles. The molecule has 146 valence electrons. The minimum Gasteiger partial charge on any atom is -0.497 e. The number of nitrogens with zero attached hydrogens (tertiary/aromatic N) is 3. The van der Waals surface area contributed by atoms with Crippen molar-refractivity contribution in [1.82, 2.24) is 14.9 Å². The summed E-state index contributed by atoms with van der Waals surface area (Å²) in [7, 11) is 1.61. The Hall–Kier alpha value is -3.87. The Morgan fingerprint density at radius 1 is 1.17 bits per heavy atom. The highest BCUT2D eigenvalue weighted by Gasteiger charge is 2.15. The van der Waals surface area contributed by atoms with Gasteiger partial charge in [0.1, 0.15) is 5.75 Å². The van der Waals surface area contributed by atoms with Crippen LogP contribution < -0.4 is 10.1 Å². The Balaban J connectivity index is 1.43. The maximum absolute atomic E-state index is 12.5. The van der Waals surface area contributed by atoms with Crippen LogP contribution in [0, 0.1) is 6.92 Å². The number of anilines is 1. The van der Waals surface area contributed by atoms with Gasteiger partial charge in [0.2, 0.25) is 0 Å². The lowest BCUT2D eigenvalue weighted by molar-refractivity contribution is 0.101. The number of hydrogen-bond donors (Lipinski definition) is 1. The maximum atomic E-state index is 12.5. The molecule has 0 unspecified atom stereocenters. The summed E-state index contributed by atoms with van der Waals surface area (Å²) in [6.07, 6.45) is 3.40. The average molecular weight is 388 g/mol. The summed E-state index contributed by atoms with van der Waals surface area (Å²) in [4.78, 5) is 12.5. The number of carbonyl (C=O) groups is 1. The van der Waals surface area contributed by atoms with E-state index >= 15 is 0 Å². The second-order valence-corrected chi connectivity index (χ2v) is 6.61. The van der Waals surface area contributed by atoms with Crippen LogP contribution in [0.3, 0.4) is 0 Å². The molecule has 4 rings (SSSR count). The zero-order chi connectivity index (χ0) is 20.2. The Bertz CT molecular complexity index is 1130. The van der Waals surface area contributed by atoms with Gasteiger partial charge in [0.15, 0.2) is 11.5 Å². The molecule has 0 aliphatic rings. The van der Waals surface area contributed by atoms with Crippen LogP contribution in [0.4, 0.5) is 5.69 Å². The van der Waals surface area contributed by atoms with Crippen LogP contribution in [-0.4, -0.2) is 28.0 Å². The van der Waals surface area contributed by atoms with Crippen molar-refractivity contribution in [2.75, 3.05) is 12.4 Å². The summed E-state index contributed by atoms with van der Waals surface area (Å²) in [5, 5.41) is 11.0. The van der Waals surface area contributed by atoms with Gasteiger partial charge >= 0.3 is 0 Å². The third-order valence-electron chi connectivity index (χ3n) is 4.60. The van der Waals surface area contributed by atoms with Crippen LogP contribution in [0.1, 0.15) is 21.6 Å². The van der Waals surface area contributed by atoms with E-state index in [4.69, 9.17) is 9.26 Å². The number of amides is 1. The predicted molar refractivity (Wildman–Crippen MR) is 109 cm³/mol. The number of carbonyl (C=O) groups excluding carboxylic acids is 1. The molecule has 4 aromatic rings. The van der Waals surface area contributed by atoms with Gasteiger partial charge in [-0.05, 0) is 42.3 Å². The molecule has 7 heteroatoms. The number of benzene rings is 2. The van der Waals surface area contributed by atoms with Gasteiger partial charge in [-0.1, -0.05) is 29.4 Å². The fourth-order valence-electron chi connectivity index (χ4n) is 2.95. The summed E-state index contributed by atoms with van der Waals surface area (Å²) in [6.45, 7) is 2.70. The molecule has 0 fully saturated rings. The number of ether oxygens (including phenoxy) is 1. The molecule has 0 radical (unpaired) electrons. The van der Waals surface area contributed by atoms with Crippen LogP contribution in [0.5, 0.6) is 5.75 Å². The molecule has 1 N–H and O–H groups in total. The van der Waals surface area contributed by atoms with E-state index in [2.05, 4.69) is 34.6 Å². The van der Waals surface area contributed by atoms with E-state index < -0.39 is 0 Å². The number of rotatable bonds is 6. The zero-order valence-corrected chi connectivity index (χ0v) is 16.1. The minimum absolute atomic E-state index is 0.197. The first-order valence-electron chi connectivity index (χ1n) is 9.12. The molecule has 29 heavy (non-hydrogen) atoms. The third kappa shape index (κ3) is 4.19. The second kappa shape index (κ2) is 8.02. The van der Waals surface area contributed by atoms with E-state index in [1.165, 1.54) is 11.1 Å². The number of aryl methyl sites for hydroxylation is 1. The van der Waals surface area contributed by atoms with Crippen LogP contribution in [0.25, 0.3) is 11.3 Å². The van der Waals surface area contributed by atoms with Crippen molar-refractivity contribution in [1.29, 1.82) is 0 Å². The van der Waals surface area contributed by atoms with Gasteiger partial charge in [0, 0.05) is 17.8 Å². The number of hydrogen-bond acceptors (Lipinski definition) is 5. The van der Waals surface area contributed by atoms with Crippen molar-refractivity contribution in [3.8, 4) is 17.1 Å². The van der Waals surface area contributed by atoms with Crippen molar-refractivity contribution < 1.29 is 14.1 Å². The van der Waals surface area contributed by atoms with Crippen LogP contribution in [-0.2, 0) is 6.54 Å². The lowest BCUT2D eigenvalue weighted by Crippen LogP contribution is -2.11. The van der Waals surface area contributed by atoms with Crippen molar-refractivity contribution in [2.24, 2.45) is 0 Å². The smallest absolute Gasteiger partial charge is 0.277 e. The topological polar surface area (TPSA) is 82.2 Å². The standard InChI is InChI=1S/C22H20N4O3/c1-15-5-3-4-6-17(15)13-26-14-18(12-23-26)24-22(27)20-11-21(29-25-20)16-7-9-19(28-2)10-8-16/h3-12,14H,13H2,1-2H3,(H,24,27). The minimum atomic E-state index is -0.357. The van der Waals surface area contributed by atoms with Gasteiger partial charge in [-0.2, -0.15) is 5.10 Å². The monoisotopic (exact) mass is 388 g/mol. The fraction of sp³-hybridized carbons (Fsp3) is 0.136. The molecule has 7 nitrogen and oxygen atoms in total. The molecule has 0 spiro atoms. The van der Waals surface area contributed by atoms with Crippen molar-refractivity contribution in [3.05, 3.63) is 83.8 Å². The summed E-state index contributed by atoms with van der Waals surface area (Å²) in [5.41, 5.74) is 3.97. The largest absolute Gasteiger partial charge is 0.497 e. The van der Waals surface area contributed by atoms with Gasteiger partial charge in [0.25, 0.3) is 5.91 Å². The molecule has 1 amide bonds. The van der Waals surface area contributed by atoms with Gasteiger partial charge in [0.05, 0.1) is 25.5 Å². The highest BCUT2D eigenvalue weighted by atomic mass is 16.5. The summed E-state index contributed by atoms with van der Waals surface area (Å²) >= 11 is 0. The predicted octanol–water partition coefficient (Wildman–Crippen LogP) is 4.16. The van der Waals surface area contributed by atoms with Crippen LogP contribution in [0.2, 0.25) is 0 Å². The molecule has 0 saturated carbocycles. The molecule has 2 aromatic heterocycles. The molecular formula is C22H20N4O3. The molecule has 0 aliphatic carbocycles. The summed E-state index contributed by atoms with van der Waals surface area (Å²) in [6, 6.07) is 17.1. The van der Waals surface area contributed by atoms with Crippen molar-refractivity contribution in [2.45, 2.75) is 13.5 Å². The molecule has 0 bridgehead atoms. The summed E-state index contributed by atoms with van der Waals surface area (Å²) in [5.74, 6) is 0.894. The molecule has 0 atom stereocenters. The van der Waals surface area contributed by atoms with E-state index in [1.54, 1.807) is 30.3 Å². The van der Waals surface area contributed by atoms with Gasteiger partial charge < -0.3 is 14.6 Å². The second-order valence-electron chi connectivity index (χ2n) is 6.61. The lowest BCUT2D eigenvalue weighted by atomic mass is 10.1. The Morgan fingerprint density at radius 3 is 2.72 bits per heavy atom. The molecular weight excluding hydrogens is 368 g/mol. The summed E-state index contributed by atoms with van der Waals surface area (Å²) < 4.78 is 12.2. The zero-order valence-electron chi connectivity index (χ0n) is 16.1. The van der Waals surface area contributed by atoms with Crippen molar-refractivity contribution >= 4 is 11.6 Å². The first kappa shape index (κ1) is 18.5. The first-order chi connectivity index (χ1) is 14.1. The van der Waals surface area contributed by atoms with E-state index in [0.717, 1.165) is 11.3 Å². The van der Waals surface area contributed by atoms with Crippen molar-refractivity contribution in [3.63, 3.8) is 0 Å². The Morgan fingerprint density at radius 2 is 1.97 bits per heavy atom. The van der Waals surface area contributed by atoms with Gasteiger partial charge in [-0.3, -0.25) is 9.48 Å². The quantitative estimate of drug-likeness (QED) is 0.536. The normalized spacial score (nSPS) is 10.7. The first-order valence-corrected chi connectivity index (χ1v) is 9.12. The SMILES string of the molecule is COc1ccc(-c2cc(C(=O)Nc3cnn(Cc4ccccc4C)c3)no2)cc1. The maximum Gasteiger partial charge on any atom is 0.277 e. The fourth-order valence-corrected chi connectivity index (χ4v) is 2.95. The van der Waals surface area contributed by atoms with E-state index in [-0.39, 0.29) is 11.6 Å². The van der Waals surface area contributed by atoms with E-state index in [0.29, 0.717) is 18.0 Å². The van der Waals surface area contributed by atoms with Crippen LogP contribution in [0.15, 0.2) is 71.5 Å². The van der Waals surface area contributed by atoms with E-state index in [9.17, 15) is 4.79 Å². The van der Waals surface area contributed by atoms with Gasteiger partial charge in [-0.25, -0.2) is 0 Å². The highest BCUT2D eigenvalue weighted by molar-refractivity contribution is 6.03. The third-order valence-corrected chi connectivity index (χ3v) is 4.60. The Kier molecular flexibility index (Phi) is 5.11. The number of aromatic nitrogens is 3. The number of methoxy groups -OCH3 is 1. The van der Waals surface area contributed by atoms with E-state index in [1.807, 2.05) is 36.4 Å².